The monoisotopic (exact) mass is 204 g/mol. The van der Waals surface area contributed by atoms with Crippen LogP contribution in [0.4, 0.5) is 0 Å². The van der Waals surface area contributed by atoms with Crippen LogP contribution in [0, 0.1) is 5.92 Å². The van der Waals surface area contributed by atoms with Gasteiger partial charge in [-0.2, -0.15) is 0 Å². The molecule has 0 aliphatic heterocycles. The highest BCUT2D eigenvalue weighted by molar-refractivity contribution is 5.75. The third-order valence-corrected chi connectivity index (χ3v) is 2.45. The van der Waals surface area contributed by atoms with Gasteiger partial charge in [0.05, 0.1) is 23.3 Å². The third kappa shape index (κ3) is 1.98. The molecular weight excluding hydrogens is 192 g/mol. The van der Waals surface area contributed by atoms with Gasteiger partial charge in [0.25, 0.3) is 0 Å². The Hall–Kier alpha value is -1.84. The molecule has 78 valence electrons. The second-order valence-electron chi connectivity index (χ2n) is 3.70. The maximum atomic E-state index is 10.7. The lowest BCUT2D eigenvalue weighted by Gasteiger charge is -2.05. The van der Waals surface area contributed by atoms with E-state index in [2.05, 4.69) is 9.97 Å². The van der Waals surface area contributed by atoms with Crippen molar-refractivity contribution in [3.8, 4) is 0 Å². The molecule has 1 unspecified atom stereocenters. The van der Waals surface area contributed by atoms with E-state index >= 15 is 0 Å². The second kappa shape index (κ2) is 3.73. The van der Waals surface area contributed by atoms with Gasteiger partial charge in [0.15, 0.2) is 0 Å². The van der Waals surface area contributed by atoms with Crippen molar-refractivity contribution < 1.29 is 9.90 Å². The fourth-order valence-electron chi connectivity index (χ4n) is 1.55. The van der Waals surface area contributed by atoms with Gasteiger partial charge < -0.3 is 10.1 Å². The molecule has 0 spiro atoms. The summed E-state index contributed by atoms with van der Waals surface area (Å²) in [7, 11) is 0. The van der Waals surface area contributed by atoms with Crippen LogP contribution in [0.2, 0.25) is 0 Å². The number of nitrogens with one attached hydrogen (secondary N) is 1. The average Bonchev–Trinajstić information content (AvgIpc) is 2.64. The SMILES string of the molecule is CC(Cc1ccc2nc[nH]c2c1)C(=O)O. The first kappa shape index (κ1) is 9.71. The summed E-state index contributed by atoms with van der Waals surface area (Å²) in [6, 6.07) is 5.76. The number of rotatable bonds is 3. The number of H-pyrrole nitrogens is 1. The van der Waals surface area contributed by atoms with E-state index in [1.165, 1.54) is 0 Å². The number of aliphatic carboxylic acids is 1. The molecule has 0 amide bonds. The maximum Gasteiger partial charge on any atom is 0.306 e. The van der Waals surface area contributed by atoms with Crippen LogP contribution in [0.5, 0.6) is 0 Å². The Bertz CT molecular complexity index is 490. The Balaban J connectivity index is 2.24. The Kier molecular flexibility index (Phi) is 2.41. The van der Waals surface area contributed by atoms with E-state index in [1.54, 1.807) is 13.3 Å². The summed E-state index contributed by atoms with van der Waals surface area (Å²) in [4.78, 5) is 17.8. The molecule has 0 saturated carbocycles. The third-order valence-electron chi connectivity index (χ3n) is 2.45. The number of fused-ring (bicyclic) bond motifs is 1. The van der Waals surface area contributed by atoms with Gasteiger partial charge in [0.2, 0.25) is 0 Å². The predicted molar refractivity (Wildman–Crippen MR) is 56.6 cm³/mol. The Morgan fingerprint density at radius 2 is 2.40 bits per heavy atom. The second-order valence-corrected chi connectivity index (χ2v) is 3.70. The molecule has 2 rings (SSSR count). The van der Waals surface area contributed by atoms with Gasteiger partial charge in [-0.3, -0.25) is 4.79 Å². The minimum absolute atomic E-state index is 0.356. The summed E-state index contributed by atoms with van der Waals surface area (Å²) in [5.41, 5.74) is 2.87. The number of carbonyl (C=O) groups is 1. The summed E-state index contributed by atoms with van der Waals surface area (Å²) < 4.78 is 0. The number of aromatic amines is 1. The van der Waals surface area contributed by atoms with E-state index < -0.39 is 5.97 Å². The molecule has 1 atom stereocenters. The first-order chi connectivity index (χ1) is 7.16. The van der Waals surface area contributed by atoms with E-state index in [9.17, 15) is 4.79 Å². The molecule has 0 radical (unpaired) electrons. The van der Waals surface area contributed by atoms with Crippen molar-refractivity contribution in [1.82, 2.24) is 9.97 Å². The lowest BCUT2D eigenvalue weighted by atomic mass is 10.0. The van der Waals surface area contributed by atoms with Crippen molar-refractivity contribution >= 4 is 17.0 Å². The molecule has 0 aliphatic carbocycles. The highest BCUT2D eigenvalue weighted by Crippen LogP contribution is 2.14. The Labute approximate surface area is 87.0 Å². The smallest absolute Gasteiger partial charge is 0.306 e. The summed E-state index contributed by atoms with van der Waals surface area (Å²) >= 11 is 0. The van der Waals surface area contributed by atoms with Crippen molar-refractivity contribution in [2.75, 3.05) is 0 Å². The molecule has 4 nitrogen and oxygen atoms in total. The zero-order valence-electron chi connectivity index (χ0n) is 8.40. The van der Waals surface area contributed by atoms with Crippen molar-refractivity contribution in [2.24, 2.45) is 5.92 Å². The van der Waals surface area contributed by atoms with Crippen LogP contribution in [0.25, 0.3) is 11.0 Å². The molecule has 1 aromatic heterocycles. The summed E-state index contributed by atoms with van der Waals surface area (Å²) in [6.07, 6.45) is 2.18. The van der Waals surface area contributed by atoms with Crippen LogP contribution < -0.4 is 0 Å². The number of imidazole rings is 1. The van der Waals surface area contributed by atoms with Gasteiger partial charge in [-0.05, 0) is 24.1 Å². The van der Waals surface area contributed by atoms with Gasteiger partial charge in [-0.1, -0.05) is 13.0 Å². The van der Waals surface area contributed by atoms with Gasteiger partial charge >= 0.3 is 5.97 Å². The number of benzene rings is 1. The predicted octanol–water partition coefficient (Wildman–Crippen LogP) is 1.83. The maximum absolute atomic E-state index is 10.7. The highest BCUT2D eigenvalue weighted by Gasteiger charge is 2.11. The van der Waals surface area contributed by atoms with E-state index in [0.717, 1.165) is 16.6 Å². The lowest BCUT2D eigenvalue weighted by Crippen LogP contribution is -2.12. The topological polar surface area (TPSA) is 66.0 Å². The Morgan fingerprint density at radius 3 is 3.13 bits per heavy atom. The van der Waals surface area contributed by atoms with Crippen molar-refractivity contribution in [1.29, 1.82) is 0 Å². The van der Waals surface area contributed by atoms with Crippen LogP contribution in [-0.4, -0.2) is 21.0 Å². The normalized spacial score (nSPS) is 12.9. The molecule has 0 fully saturated rings. The van der Waals surface area contributed by atoms with Gasteiger partial charge in [0.1, 0.15) is 0 Å². The molecule has 0 saturated heterocycles. The minimum atomic E-state index is -0.764. The van der Waals surface area contributed by atoms with Gasteiger partial charge in [-0.25, -0.2) is 4.98 Å². The summed E-state index contributed by atoms with van der Waals surface area (Å²) in [6.45, 7) is 1.71. The van der Waals surface area contributed by atoms with E-state index in [4.69, 9.17) is 5.11 Å². The molecule has 15 heavy (non-hydrogen) atoms. The first-order valence-electron chi connectivity index (χ1n) is 4.81. The van der Waals surface area contributed by atoms with E-state index in [0.29, 0.717) is 6.42 Å². The average molecular weight is 204 g/mol. The molecule has 4 heteroatoms. The lowest BCUT2D eigenvalue weighted by molar-refractivity contribution is -0.141. The summed E-state index contributed by atoms with van der Waals surface area (Å²) in [5.74, 6) is -1.12. The quantitative estimate of drug-likeness (QED) is 0.801. The van der Waals surface area contributed by atoms with Crippen LogP contribution in [0.3, 0.4) is 0 Å². The van der Waals surface area contributed by atoms with Crippen molar-refractivity contribution in [3.05, 3.63) is 30.1 Å². The van der Waals surface area contributed by atoms with Gasteiger partial charge in [0, 0.05) is 0 Å². The fourth-order valence-corrected chi connectivity index (χ4v) is 1.55. The van der Waals surface area contributed by atoms with Crippen LogP contribution in [0.15, 0.2) is 24.5 Å². The number of hydrogen-bond donors (Lipinski definition) is 2. The minimum Gasteiger partial charge on any atom is -0.481 e. The molecule has 1 heterocycles. The number of carboxylic acid groups (broad SMARTS) is 1. The Morgan fingerprint density at radius 1 is 1.60 bits per heavy atom. The van der Waals surface area contributed by atoms with Gasteiger partial charge in [-0.15, -0.1) is 0 Å². The zero-order chi connectivity index (χ0) is 10.8. The zero-order valence-corrected chi connectivity index (χ0v) is 8.40. The van der Waals surface area contributed by atoms with E-state index in [-0.39, 0.29) is 5.92 Å². The first-order valence-corrected chi connectivity index (χ1v) is 4.81. The standard InChI is InChI=1S/C11H12N2O2/c1-7(11(14)15)4-8-2-3-9-10(5-8)13-6-12-9/h2-3,5-7H,4H2,1H3,(H,12,13)(H,14,15). The molecule has 0 aliphatic rings. The molecule has 1 aromatic carbocycles. The van der Waals surface area contributed by atoms with Crippen molar-refractivity contribution in [2.45, 2.75) is 13.3 Å². The fraction of sp³-hybridized carbons (Fsp3) is 0.273. The number of nitrogens with zero attached hydrogens (tertiary/aromatic N) is 1. The summed E-state index contributed by atoms with van der Waals surface area (Å²) in [5, 5.41) is 8.80. The van der Waals surface area contributed by atoms with Crippen LogP contribution in [0.1, 0.15) is 12.5 Å². The molecule has 0 bridgehead atoms. The molecule has 2 N–H and O–H groups in total. The van der Waals surface area contributed by atoms with Crippen molar-refractivity contribution in [3.63, 3.8) is 0 Å². The van der Waals surface area contributed by atoms with Crippen LogP contribution in [-0.2, 0) is 11.2 Å². The number of aromatic nitrogens is 2. The highest BCUT2D eigenvalue weighted by atomic mass is 16.4. The van der Waals surface area contributed by atoms with E-state index in [1.807, 2.05) is 18.2 Å². The molecule has 2 aromatic rings. The number of hydrogen-bond acceptors (Lipinski definition) is 2. The van der Waals surface area contributed by atoms with Crippen LogP contribution >= 0.6 is 0 Å². The molecular formula is C11H12N2O2. The largest absolute Gasteiger partial charge is 0.481 e. The number of carboxylic acids is 1.